The average molecular weight is 381 g/mol. The van der Waals surface area contributed by atoms with Crippen molar-refractivity contribution >= 4 is 29.1 Å². The number of aromatic nitrogens is 4. The highest BCUT2D eigenvalue weighted by molar-refractivity contribution is 6.33. The summed E-state index contributed by atoms with van der Waals surface area (Å²) in [7, 11) is 0. The molecule has 3 rings (SSSR count). The van der Waals surface area contributed by atoms with Crippen molar-refractivity contribution in [2.24, 2.45) is 0 Å². The molecule has 0 aliphatic heterocycles. The van der Waals surface area contributed by atoms with Crippen LogP contribution in [0.3, 0.4) is 0 Å². The molecule has 26 heavy (non-hydrogen) atoms. The van der Waals surface area contributed by atoms with Crippen molar-refractivity contribution in [3.63, 3.8) is 0 Å². The van der Waals surface area contributed by atoms with E-state index in [-0.39, 0.29) is 22.5 Å². The molecule has 6 nitrogen and oxygen atoms in total. The lowest BCUT2D eigenvalue weighted by molar-refractivity contribution is -0.137. The van der Waals surface area contributed by atoms with Crippen LogP contribution in [0.25, 0.3) is 0 Å². The third kappa shape index (κ3) is 4.57. The normalized spacial score (nSPS) is 11.2. The second-order valence-corrected chi connectivity index (χ2v) is 5.60. The van der Waals surface area contributed by atoms with E-state index in [0.717, 1.165) is 17.7 Å². The fourth-order valence-electron chi connectivity index (χ4n) is 2.06. The number of rotatable bonds is 5. The molecular weight excluding hydrogens is 369 g/mol. The van der Waals surface area contributed by atoms with E-state index in [0.29, 0.717) is 6.54 Å². The van der Waals surface area contributed by atoms with Crippen LogP contribution in [0, 0.1) is 0 Å². The Labute approximate surface area is 151 Å². The summed E-state index contributed by atoms with van der Waals surface area (Å²) in [5.41, 5.74) is 0.164. The van der Waals surface area contributed by atoms with Crippen LogP contribution >= 0.6 is 11.6 Å². The molecule has 134 valence electrons. The Hall–Kier alpha value is -2.94. The van der Waals surface area contributed by atoms with Gasteiger partial charge < -0.3 is 10.6 Å². The van der Waals surface area contributed by atoms with Crippen molar-refractivity contribution in [2.75, 3.05) is 10.6 Å². The minimum absolute atomic E-state index is 0.0696. The maximum Gasteiger partial charge on any atom is 0.416 e. The van der Waals surface area contributed by atoms with Crippen LogP contribution in [0.2, 0.25) is 5.02 Å². The molecule has 0 atom stereocenters. The van der Waals surface area contributed by atoms with Crippen molar-refractivity contribution in [1.82, 2.24) is 20.2 Å². The summed E-state index contributed by atoms with van der Waals surface area (Å²) in [6.07, 6.45) is 0.156. The molecule has 0 bridgehead atoms. The molecule has 0 saturated carbocycles. The van der Waals surface area contributed by atoms with E-state index in [1.807, 2.05) is 6.07 Å². The Morgan fingerprint density at radius 1 is 1.12 bits per heavy atom. The second-order valence-electron chi connectivity index (χ2n) is 5.20. The quantitative estimate of drug-likeness (QED) is 0.687. The number of hydrogen-bond donors (Lipinski definition) is 2. The molecule has 0 aliphatic carbocycles. The lowest BCUT2D eigenvalue weighted by Crippen LogP contribution is -2.08. The van der Waals surface area contributed by atoms with Gasteiger partial charge in [-0.1, -0.05) is 17.7 Å². The van der Waals surface area contributed by atoms with E-state index in [1.54, 1.807) is 18.5 Å². The van der Waals surface area contributed by atoms with Gasteiger partial charge in [-0.25, -0.2) is 0 Å². The molecule has 0 saturated heterocycles. The molecule has 2 aromatic heterocycles. The SMILES string of the molecule is FC(F)(F)c1ccc(Cl)c(Nc2cnnc(NCc3cccnc3)n2)c1. The van der Waals surface area contributed by atoms with Gasteiger partial charge in [0.1, 0.15) is 0 Å². The van der Waals surface area contributed by atoms with Gasteiger partial charge in [0.15, 0.2) is 5.82 Å². The zero-order valence-electron chi connectivity index (χ0n) is 13.1. The Bertz CT molecular complexity index is 889. The Kier molecular flexibility index (Phi) is 5.17. The van der Waals surface area contributed by atoms with Crippen LogP contribution in [-0.2, 0) is 12.7 Å². The van der Waals surface area contributed by atoms with Gasteiger partial charge >= 0.3 is 6.18 Å². The number of nitrogens with zero attached hydrogens (tertiary/aromatic N) is 4. The van der Waals surface area contributed by atoms with Crippen LogP contribution in [-0.4, -0.2) is 20.2 Å². The molecule has 0 radical (unpaired) electrons. The third-order valence-electron chi connectivity index (χ3n) is 3.29. The molecule has 10 heteroatoms. The van der Waals surface area contributed by atoms with Gasteiger partial charge in [0.25, 0.3) is 0 Å². The van der Waals surface area contributed by atoms with Crippen molar-refractivity contribution in [3.05, 3.63) is 65.1 Å². The highest BCUT2D eigenvalue weighted by atomic mass is 35.5. The maximum absolute atomic E-state index is 12.8. The van der Waals surface area contributed by atoms with Gasteiger partial charge in [0.05, 0.1) is 22.5 Å². The zero-order chi connectivity index (χ0) is 18.6. The van der Waals surface area contributed by atoms with E-state index in [1.165, 1.54) is 12.3 Å². The summed E-state index contributed by atoms with van der Waals surface area (Å²) in [4.78, 5) is 8.15. The summed E-state index contributed by atoms with van der Waals surface area (Å²) < 4.78 is 38.5. The first-order valence-corrected chi connectivity index (χ1v) is 7.76. The number of pyridine rings is 1. The molecule has 3 aromatic rings. The van der Waals surface area contributed by atoms with Crippen LogP contribution in [0.4, 0.5) is 30.6 Å². The van der Waals surface area contributed by atoms with E-state index in [9.17, 15) is 13.2 Å². The Morgan fingerprint density at radius 2 is 1.96 bits per heavy atom. The zero-order valence-corrected chi connectivity index (χ0v) is 13.9. The summed E-state index contributed by atoms with van der Waals surface area (Å²) in [5.74, 6) is 0.414. The molecular formula is C16H12ClF3N6. The van der Waals surface area contributed by atoms with Crippen molar-refractivity contribution in [1.29, 1.82) is 0 Å². The van der Waals surface area contributed by atoms with Crippen LogP contribution in [0.15, 0.2) is 48.9 Å². The first-order valence-electron chi connectivity index (χ1n) is 7.38. The molecule has 0 amide bonds. The molecule has 1 aromatic carbocycles. The average Bonchev–Trinajstić information content (AvgIpc) is 2.62. The number of alkyl halides is 3. The first kappa shape index (κ1) is 17.9. The van der Waals surface area contributed by atoms with Crippen molar-refractivity contribution < 1.29 is 13.2 Å². The van der Waals surface area contributed by atoms with Gasteiger partial charge in [-0.15, -0.1) is 5.10 Å². The second kappa shape index (κ2) is 7.52. The first-order chi connectivity index (χ1) is 12.4. The number of hydrogen-bond acceptors (Lipinski definition) is 6. The lowest BCUT2D eigenvalue weighted by Gasteiger charge is -2.12. The number of benzene rings is 1. The number of halogens is 4. The topological polar surface area (TPSA) is 75.6 Å². The number of nitrogens with one attached hydrogen (secondary N) is 2. The van der Waals surface area contributed by atoms with Crippen LogP contribution in [0.1, 0.15) is 11.1 Å². The smallest absolute Gasteiger partial charge is 0.349 e. The fourth-order valence-corrected chi connectivity index (χ4v) is 2.22. The summed E-state index contributed by atoms with van der Waals surface area (Å²) >= 11 is 5.96. The fraction of sp³-hybridized carbons (Fsp3) is 0.125. The maximum atomic E-state index is 12.8. The predicted octanol–water partition coefficient (Wildman–Crippen LogP) is 4.29. The van der Waals surface area contributed by atoms with E-state index >= 15 is 0 Å². The summed E-state index contributed by atoms with van der Waals surface area (Å²) in [6, 6.07) is 6.66. The summed E-state index contributed by atoms with van der Waals surface area (Å²) in [5, 5.41) is 13.4. The monoisotopic (exact) mass is 380 g/mol. The van der Waals surface area contributed by atoms with E-state index in [2.05, 4.69) is 30.8 Å². The lowest BCUT2D eigenvalue weighted by atomic mass is 10.2. The van der Waals surface area contributed by atoms with Gasteiger partial charge in [-0.2, -0.15) is 23.3 Å². The van der Waals surface area contributed by atoms with Crippen LogP contribution < -0.4 is 10.6 Å². The molecule has 0 unspecified atom stereocenters. The van der Waals surface area contributed by atoms with Crippen molar-refractivity contribution in [2.45, 2.75) is 12.7 Å². The molecule has 2 N–H and O–H groups in total. The van der Waals surface area contributed by atoms with Crippen LogP contribution in [0.5, 0.6) is 0 Å². The van der Waals surface area contributed by atoms with Gasteiger partial charge in [-0.05, 0) is 29.8 Å². The predicted molar refractivity (Wildman–Crippen MR) is 91.1 cm³/mol. The third-order valence-corrected chi connectivity index (χ3v) is 3.62. The van der Waals surface area contributed by atoms with Gasteiger partial charge in [-0.3, -0.25) is 4.98 Å². The molecule has 0 aliphatic rings. The van der Waals surface area contributed by atoms with Gasteiger partial charge in [0.2, 0.25) is 5.95 Å². The summed E-state index contributed by atoms with van der Waals surface area (Å²) in [6.45, 7) is 0.420. The number of anilines is 3. The Balaban J connectivity index is 1.75. The molecule has 2 heterocycles. The Morgan fingerprint density at radius 3 is 2.69 bits per heavy atom. The molecule has 0 spiro atoms. The minimum atomic E-state index is -4.47. The highest BCUT2D eigenvalue weighted by Gasteiger charge is 2.31. The minimum Gasteiger partial charge on any atom is -0.349 e. The largest absolute Gasteiger partial charge is 0.416 e. The standard InChI is InChI=1S/C16H12ClF3N6/c17-12-4-3-11(16(18,19)20)6-13(12)24-14-9-23-26-15(25-14)22-8-10-2-1-5-21-7-10/h1-7,9H,8H2,(H2,22,24,25,26). The highest BCUT2D eigenvalue weighted by Crippen LogP contribution is 2.34. The van der Waals surface area contributed by atoms with E-state index in [4.69, 9.17) is 11.6 Å². The molecule has 0 fully saturated rings. The van der Waals surface area contributed by atoms with Gasteiger partial charge in [0, 0.05) is 18.9 Å². The van der Waals surface area contributed by atoms with Crippen molar-refractivity contribution in [3.8, 4) is 0 Å². The van der Waals surface area contributed by atoms with E-state index < -0.39 is 11.7 Å².